The molecule has 6 heteroatoms. The van der Waals surface area contributed by atoms with Crippen molar-refractivity contribution in [2.45, 2.75) is 43.4 Å². The van der Waals surface area contributed by atoms with Crippen molar-refractivity contribution < 1.29 is 0 Å². The highest BCUT2D eigenvalue weighted by atomic mass is 35.6. The fourth-order valence-electron chi connectivity index (χ4n) is 1.39. The van der Waals surface area contributed by atoms with Crippen LogP contribution in [0, 0.1) is 0 Å². The Morgan fingerprint density at radius 2 is 1.93 bits per heavy atom. The number of aromatic nitrogens is 3. The molecule has 0 unspecified atom stereocenters. The number of unbranched alkanes of at least 4 members (excludes halogenated alkanes) is 1. The molecule has 15 heavy (non-hydrogen) atoms. The Balaban J connectivity index is 3.01. The van der Waals surface area contributed by atoms with Crippen LogP contribution in [0.2, 0.25) is 0 Å². The van der Waals surface area contributed by atoms with Crippen LogP contribution in [0.4, 0.5) is 0 Å². The van der Waals surface area contributed by atoms with Crippen LogP contribution in [0.25, 0.3) is 0 Å². The Kier molecular flexibility index (Phi) is 4.68. The smallest absolute Gasteiger partial charge is 0.234 e. The summed E-state index contributed by atoms with van der Waals surface area (Å²) in [6.07, 6.45) is 2.91. The Bertz CT molecular complexity index is 317. The molecule has 1 heterocycles. The van der Waals surface area contributed by atoms with Crippen molar-refractivity contribution in [2.75, 3.05) is 0 Å². The van der Waals surface area contributed by atoms with Crippen LogP contribution >= 0.6 is 34.8 Å². The third kappa shape index (κ3) is 3.23. The van der Waals surface area contributed by atoms with E-state index in [9.17, 15) is 0 Å². The van der Waals surface area contributed by atoms with Crippen molar-refractivity contribution >= 4 is 34.8 Å². The molecule has 0 aliphatic heterocycles. The molecular formula is C9H14Cl3N3. The molecule has 86 valence electrons. The summed E-state index contributed by atoms with van der Waals surface area (Å²) >= 11 is 17.7. The number of nitrogens with zero attached hydrogens (tertiary/aromatic N) is 3. The van der Waals surface area contributed by atoms with E-state index in [4.69, 9.17) is 34.8 Å². The van der Waals surface area contributed by atoms with Gasteiger partial charge in [0.25, 0.3) is 0 Å². The first-order valence-corrected chi connectivity index (χ1v) is 6.13. The van der Waals surface area contributed by atoms with Crippen LogP contribution < -0.4 is 0 Å². The van der Waals surface area contributed by atoms with Crippen molar-refractivity contribution in [1.82, 2.24) is 15.0 Å². The van der Waals surface area contributed by atoms with Crippen LogP contribution in [-0.4, -0.2) is 15.0 Å². The van der Waals surface area contributed by atoms with E-state index in [0.29, 0.717) is 12.2 Å². The summed E-state index contributed by atoms with van der Waals surface area (Å²) in [5, 5.41) is 8.02. The van der Waals surface area contributed by atoms with Gasteiger partial charge < -0.3 is 0 Å². The fourth-order valence-corrected chi connectivity index (χ4v) is 2.01. The van der Waals surface area contributed by atoms with Gasteiger partial charge in [-0.25, -0.2) is 4.68 Å². The molecule has 0 saturated heterocycles. The number of hydrogen-bond donors (Lipinski definition) is 0. The van der Waals surface area contributed by atoms with E-state index in [-0.39, 0.29) is 0 Å². The van der Waals surface area contributed by atoms with Gasteiger partial charge in [-0.3, -0.25) is 0 Å². The molecule has 1 aromatic heterocycles. The summed E-state index contributed by atoms with van der Waals surface area (Å²) in [7, 11) is 0. The van der Waals surface area contributed by atoms with Crippen LogP contribution in [0.1, 0.15) is 38.1 Å². The maximum Gasteiger partial charge on any atom is 0.234 e. The fraction of sp³-hybridized carbons (Fsp3) is 0.778. The zero-order valence-corrected chi connectivity index (χ0v) is 11.1. The Hall–Kier alpha value is 0.01000. The topological polar surface area (TPSA) is 30.7 Å². The first-order valence-electron chi connectivity index (χ1n) is 5.00. The van der Waals surface area contributed by atoms with E-state index in [0.717, 1.165) is 25.0 Å². The minimum Gasteiger partial charge on any atom is -0.245 e. The van der Waals surface area contributed by atoms with Crippen molar-refractivity contribution in [3.05, 3.63) is 11.4 Å². The average Bonchev–Trinajstić information content (AvgIpc) is 2.56. The van der Waals surface area contributed by atoms with Gasteiger partial charge in [-0.05, 0) is 19.8 Å². The van der Waals surface area contributed by atoms with Gasteiger partial charge in [0.2, 0.25) is 3.79 Å². The third-order valence-corrected chi connectivity index (χ3v) is 2.68. The number of aryl methyl sites for hydroxylation is 2. The number of hydrogen-bond acceptors (Lipinski definition) is 2. The van der Waals surface area contributed by atoms with Crippen LogP contribution in [0.15, 0.2) is 0 Å². The molecule has 0 spiro atoms. The maximum atomic E-state index is 5.90. The summed E-state index contributed by atoms with van der Waals surface area (Å²) in [6.45, 7) is 4.71. The van der Waals surface area contributed by atoms with E-state index >= 15 is 0 Å². The molecule has 0 amide bonds. The first-order chi connectivity index (χ1) is 7.00. The maximum absolute atomic E-state index is 5.90. The van der Waals surface area contributed by atoms with E-state index in [1.54, 1.807) is 4.68 Å². The molecule has 3 nitrogen and oxygen atoms in total. The van der Waals surface area contributed by atoms with Gasteiger partial charge in [-0.15, -0.1) is 5.10 Å². The minimum absolute atomic E-state index is 0.600. The number of alkyl halides is 3. The van der Waals surface area contributed by atoms with Crippen LogP contribution in [0.3, 0.4) is 0 Å². The van der Waals surface area contributed by atoms with Crippen molar-refractivity contribution in [2.24, 2.45) is 0 Å². The molecular weight excluding hydrogens is 256 g/mol. The van der Waals surface area contributed by atoms with E-state index in [1.807, 2.05) is 6.92 Å². The van der Waals surface area contributed by atoms with E-state index < -0.39 is 3.79 Å². The molecule has 0 atom stereocenters. The average molecular weight is 271 g/mol. The lowest BCUT2D eigenvalue weighted by Crippen LogP contribution is -2.13. The van der Waals surface area contributed by atoms with Gasteiger partial charge in [-0.2, -0.15) is 0 Å². The molecule has 0 aromatic carbocycles. The highest BCUT2D eigenvalue weighted by molar-refractivity contribution is 6.66. The number of rotatable bonds is 4. The Labute approximate surface area is 105 Å². The molecule has 0 saturated carbocycles. The second-order valence-corrected chi connectivity index (χ2v) is 5.58. The number of halogens is 3. The summed E-state index contributed by atoms with van der Waals surface area (Å²) in [4.78, 5) is 0. The summed E-state index contributed by atoms with van der Waals surface area (Å²) in [5.74, 6) is 0. The monoisotopic (exact) mass is 269 g/mol. The van der Waals surface area contributed by atoms with Crippen molar-refractivity contribution in [3.8, 4) is 0 Å². The standard InChI is InChI=1S/C9H14Cl3N3/c1-3-5-6-7-8(9(10,11)12)15(4-2)14-13-7/h3-6H2,1-2H3. The SMILES string of the molecule is CCCCc1nnn(CC)c1C(Cl)(Cl)Cl. The predicted octanol–water partition coefficient (Wildman–Crippen LogP) is 3.47. The lowest BCUT2D eigenvalue weighted by atomic mass is 10.2. The zero-order chi connectivity index (χ0) is 11.5. The second-order valence-electron chi connectivity index (χ2n) is 3.30. The lowest BCUT2D eigenvalue weighted by molar-refractivity contribution is 0.602. The van der Waals surface area contributed by atoms with Gasteiger partial charge in [0.05, 0.1) is 5.69 Å². The molecule has 1 aromatic rings. The molecule has 0 bridgehead atoms. The molecule has 0 aliphatic carbocycles. The van der Waals surface area contributed by atoms with Gasteiger partial charge in [0.15, 0.2) is 0 Å². The quantitative estimate of drug-likeness (QED) is 0.785. The summed E-state index contributed by atoms with van der Waals surface area (Å²) < 4.78 is 0.195. The first kappa shape index (κ1) is 13.1. The van der Waals surface area contributed by atoms with E-state index in [2.05, 4.69) is 17.2 Å². The molecule has 0 radical (unpaired) electrons. The molecule has 0 aliphatic rings. The van der Waals surface area contributed by atoms with Gasteiger partial charge in [0.1, 0.15) is 5.69 Å². The molecule has 0 fully saturated rings. The van der Waals surface area contributed by atoms with E-state index in [1.165, 1.54) is 0 Å². The lowest BCUT2D eigenvalue weighted by Gasteiger charge is -2.13. The molecule has 1 rings (SSSR count). The van der Waals surface area contributed by atoms with Crippen molar-refractivity contribution in [1.29, 1.82) is 0 Å². The minimum atomic E-state index is -1.44. The predicted molar refractivity (Wildman–Crippen MR) is 63.5 cm³/mol. The van der Waals surface area contributed by atoms with Gasteiger partial charge >= 0.3 is 0 Å². The zero-order valence-electron chi connectivity index (χ0n) is 8.80. The highest BCUT2D eigenvalue weighted by Gasteiger charge is 2.31. The normalized spacial score (nSPS) is 12.1. The Morgan fingerprint density at radius 3 is 2.40 bits per heavy atom. The Morgan fingerprint density at radius 1 is 1.27 bits per heavy atom. The largest absolute Gasteiger partial charge is 0.245 e. The van der Waals surface area contributed by atoms with Crippen LogP contribution in [0.5, 0.6) is 0 Å². The highest BCUT2D eigenvalue weighted by Crippen LogP contribution is 2.39. The second kappa shape index (κ2) is 5.37. The summed E-state index contributed by atoms with van der Waals surface area (Å²) in [5.41, 5.74) is 1.39. The summed E-state index contributed by atoms with van der Waals surface area (Å²) in [6, 6.07) is 0. The van der Waals surface area contributed by atoms with Crippen LogP contribution in [-0.2, 0) is 16.8 Å². The van der Waals surface area contributed by atoms with Gasteiger partial charge in [0, 0.05) is 6.54 Å². The van der Waals surface area contributed by atoms with Crippen molar-refractivity contribution in [3.63, 3.8) is 0 Å². The third-order valence-electron chi connectivity index (χ3n) is 2.14. The van der Waals surface area contributed by atoms with Gasteiger partial charge in [-0.1, -0.05) is 53.4 Å². The molecule has 0 N–H and O–H groups in total.